The molecular weight excluding hydrogens is 212 g/mol. The maximum atomic E-state index is 5.70. The molecule has 17 heavy (non-hydrogen) atoms. The summed E-state index contributed by atoms with van der Waals surface area (Å²) in [6.07, 6.45) is 5.67. The van der Waals surface area contributed by atoms with E-state index in [1.807, 2.05) is 0 Å². The van der Waals surface area contributed by atoms with Gasteiger partial charge in [0.15, 0.2) is 0 Å². The van der Waals surface area contributed by atoms with Crippen LogP contribution in [0.2, 0.25) is 0 Å². The Balaban J connectivity index is 1.78. The topological polar surface area (TPSA) is 24.5 Å². The van der Waals surface area contributed by atoms with Crippen molar-refractivity contribution in [2.45, 2.75) is 51.7 Å². The second kappa shape index (κ2) is 6.72. The van der Waals surface area contributed by atoms with E-state index < -0.39 is 0 Å². The molecule has 2 aliphatic rings. The van der Waals surface area contributed by atoms with E-state index in [2.05, 4.69) is 24.1 Å². The van der Waals surface area contributed by atoms with Gasteiger partial charge in [0.1, 0.15) is 0 Å². The molecule has 2 aliphatic heterocycles. The van der Waals surface area contributed by atoms with E-state index in [9.17, 15) is 0 Å². The molecule has 3 heteroatoms. The van der Waals surface area contributed by atoms with Gasteiger partial charge in [0.05, 0.1) is 6.10 Å². The first-order valence-corrected chi connectivity index (χ1v) is 7.35. The normalized spacial score (nSPS) is 36.7. The van der Waals surface area contributed by atoms with Crippen LogP contribution < -0.4 is 5.32 Å². The van der Waals surface area contributed by atoms with Gasteiger partial charge in [0.2, 0.25) is 0 Å². The minimum Gasteiger partial charge on any atom is -0.377 e. The van der Waals surface area contributed by atoms with Crippen molar-refractivity contribution in [3.63, 3.8) is 0 Å². The summed E-state index contributed by atoms with van der Waals surface area (Å²) < 4.78 is 5.70. The predicted octanol–water partition coefficient (Wildman–Crippen LogP) is 1.88. The Kier molecular flexibility index (Phi) is 5.26. The van der Waals surface area contributed by atoms with Crippen LogP contribution in [0, 0.1) is 5.92 Å². The van der Waals surface area contributed by atoms with Gasteiger partial charge >= 0.3 is 0 Å². The van der Waals surface area contributed by atoms with Crippen LogP contribution in [-0.2, 0) is 4.74 Å². The molecule has 2 saturated heterocycles. The summed E-state index contributed by atoms with van der Waals surface area (Å²) in [5.74, 6) is 0.946. The SMILES string of the molecule is CCC1CCNC(CN2CCCOC(C)C2)C1. The second-order valence-corrected chi connectivity index (χ2v) is 5.74. The lowest BCUT2D eigenvalue weighted by molar-refractivity contribution is 0.0653. The van der Waals surface area contributed by atoms with Gasteiger partial charge in [0, 0.05) is 32.3 Å². The van der Waals surface area contributed by atoms with Crippen molar-refractivity contribution in [2.75, 3.05) is 32.8 Å². The minimum atomic E-state index is 0.406. The van der Waals surface area contributed by atoms with Crippen molar-refractivity contribution >= 4 is 0 Å². The molecule has 0 spiro atoms. The van der Waals surface area contributed by atoms with E-state index >= 15 is 0 Å². The second-order valence-electron chi connectivity index (χ2n) is 5.74. The van der Waals surface area contributed by atoms with Gasteiger partial charge in [-0.3, -0.25) is 4.90 Å². The molecule has 3 atom stereocenters. The van der Waals surface area contributed by atoms with E-state index in [1.165, 1.54) is 45.3 Å². The van der Waals surface area contributed by atoms with Crippen LogP contribution in [0.25, 0.3) is 0 Å². The summed E-state index contributed by atoms with van der Waals surface area (Å²) in [6, 6.07) is 0.707. The highest BCUT2D eigenvalue weighted by molar-refractivity contribution is 4.81. The van der Waals surface area contributed by atoms with Gasteiger partial charge in [-0.25, -0.2) is 0 Å². The average Bonchev–Trinajstić information content (AvgIpc) is 2.54. The summed E-state index contributed by atoms with van der Waals surface area (Å²) in [6.45, 7) is 10.2. The molecular formula is C14H28N2O. The van der Waals surface area contributed by atoms with Crippen molar-refractivity contribution in [3.05, 3.63) is 0 Å². The summed E-state index contributed by atoms with van der Waals surface area (Å²) in [4.78, 5) is 2.59. The van der Waals surface area contributed by atoms with Crippen LogP contribution in [0.15, 0.2) is 0 Å². The molecule has 0 aromatic rings. The largest absolute Gasteiger partial charge is 0.377 e. The highest BCUT2D eigenvalue weighted by atomic mass is 16.5. The Hall–Kier alpha value is -0.120. The molecule has 2 fully saturated rings. The van der Waals surface area contributed by atoms with E-state index in [1.54, 1.807) is 0 Å². The van der Waals surface area contributed by atoms with Crippen molar-refractivity contribution in [1.82, 2.24) is 10.2 Å². The van der Waals surface area contributed by atoms with Crippen LogP contribution in [0.1, 0.15) is 39.5 Å². The third-order valence-electron chi connectivity index (χ3n) is 4.20. The fraction of sp³-hybridized carbons (Fsp3) is 1.00. The quantitative estimate of drug-likeness (QED) is 0.815. The molecule has 2 rings (SSSR count). The lowest BCUT2D eigenvalue weighted by atomic mass is 9.90. The van der Waals surface area contributed by atoms with Crippen LogP contribution in [0.5, 0.6) is 0 Å². The fourth-order valence-corrected chi connectivity index (χ4v) is 3.16. The predicted molar refractivity (Wildman–Crippen MR) is 71.3 cm³/mol. The zero-order valence-electron chi connectivity index (χ0n) is 11.5. The minimum absolute atomic E-state index is 0.406. The molecule has 2 heterocycles. The number of hydrogen-bond donors (Lipinski definition) is 1. The number of rotatable bonds is 3. The van der Waals surface area contributed by atoms with E-state index in [0.717, 1.165) is 19.1 Å². The fourth-order valence-electron chi connectivity index (χ4n) is 3.16. The molecule has 100 valence electrons. The third kappa shape index (κ3) is 4.23. The Morgan fingerprint density at radius 1 is 1.41 bits per heavy atom. The lowest BCUT2D eigenvalue weighted by Crippen LogP contribution is -2.47. The number of piperidine rings is 1. The maximum Gasteiger partial charge on any atom is 0.0673 e. The molecule has 0 aromatic heterocycles. The smallest absolute Gasteiger partial charge is 0.0673 e. The molecule has 3 unspecified atom stereocenters. The van der Waals surface area contributed by atoms with Gasteiger partial charge in [-0.1, -0.05) is 13.3 Å². The lowest BCUT2D eigenvalue weighted by Gasteiger charge is -2.34. The van der Waals surface area contributed by atoms with E-state index in [4.69, 9.17) is 4.74 Å². The van der Waals surface area contributed by atoms with Gasteiger partial charge in [-0.05, 0) is 38.6 Å². The van der Waals surface area contributed by atoms with Gasteiger partial charge in [-0.15, -0.1) is 0 Å². The molecule has 0 saturated carbocycles. The van der Waals surface area contributed by atoms with Crippen LogP contribution in [-0.4, -0.2) is 49.8 Å². The third-order valence-corrected chi connectivity index (χ3v) is 4.20. The monoisotopic (exact) mass is 240 g/mol. The Labute approximate surface area is 106 Å². The highest BCUT2D eigenvalue weighted by Crippen LogP contribution is 2.20. The summed E-state index contributed by atoms with van der Waals surface area (Å²) >= 11 is 0. The zero-order chi connectivity index (χ0) is 12.1. The summed E-state index contributed by atoms with van der Waals surface area (Å²) in [7, 11) is 0. The molecule has 0 aromatic carbocycles. The van der Waals surface area contributed by atoms with Gasteiger partial charge in [0.25, 0.3) is 0 Å². The van der Waals surface area contributed by atoms with Gasteiger partial charge in [-0.2, -0.15) is 0 Å². The van der Waals surface area contributed by atoms with E-state index in [0.29, 0.717) is 12.1 Å². The molecule has 0 radical (unpaired) electrons. The average molecular weight is 240 g/mol. The summed E-state index contributed by atoms with van der Waals surface area (Å²) in [5.41, 5.74) is 0. The van der Waals surface area contributed by atoms with Crippen LogP contribution in [0.4, 0.5) is 0 Å². The number of ether oxygens (including phenoxy) is 1. The first kappa shape index (κ1) is 13.3. The van der Waals surface area contributed by atoms with Crippen molar-refractivity contribution in [3.8, 4) is 0 Å². The van der Waals surface area contributed by atoms with E-state index in [-0.39, 0.29) is 0 Å². The highest BCUT2D eigenvalue weighted by Gasteiger charge is 2.23. The number of nitrogens with zero attached hydrogens (tertiary/aromatic N) is 1. The molecule has 1 N–H and O–H groups in total. The Morgan fingerprint density at radius 3 is 3.12 bits per heavy atom. The standard InChI is InChI=1S/C14H28N2O/c1-3-13-5-6-15-14(9-13)11-16-7-4-8-17-12(2)10-16/h12-15H,3-11H2,1-2H3. The Bertz CT molecular complexity index is 222. The first-order chi connectivity index (χ1) is 8.28. The van der Waals surface area contributed by atoms with Gasteiger partial charge < -0.3 is 10.1 Å². The van der Waals surface area contributed by atoms with Crippen molar-refractivity contribution in [1.29, 1.82) is 0 Å². The maximum absolute atomic E-state index is 5.70. The molecule has 0 amide bonds. The number of hydrogen-bond acceptors (Lipinski definition) is 3. The number of nitrogens with one attached hydrogen (secondary N) is 1. The van der Waals surface area contributed by atoms with Crippen molar-refractivity contribution < 1.29 is 4.74 Å². The zero-order valence-corrected chi connectivity index (χ0v) is 11.5. The molecule has 0 bridgehead atoms. The molecule has 0 aliphatic carbocycles. The van der Waals surface area contributed by atoms with Crippen LogP contribution in [0.3, 0.4) is 0 Å². The first-order valence-electron chi connectivity index (χ1n) is 7.35. The van der Waals surface area contributed by atoms with Crippen LogP contribution >= 0.6 is 0 Å². The molecule has 3 nitrogen and oxygen atoms in total. The summed E-state index contributed by atoms with van der Waals surface area (Å²) in [5, 5.41) is 3.68. The Morgan fingerprint density at radius 2 is 2.29 bits per heavy atom. The van der Waals surface area contributed by atoms with Crippen molar-refractivity contribution in [2.24, 2.45) is 5.92 Å².